The fraction of sp³-hybridized carbons (Fsp3) is 0.269. The van der Waals surface area contributed by atoms with Gasteiger partial charge in [0.05, 0.1) is 12.6 Å². The lowest BCUT2D eigenvalue weighted by Crippen LogP contribution is -2.45. The summed E-state index contributed by atoms with van der Waals surface area (Å²) in [4.78, 5) is 12.8. The minimum absolute atomic E-state index is 0.125. The van der Waals surface area contributed by atoms with Crippen LogP contribution >= 0.6 is 0 Å². The normalized spacial score (nSPS) is 14.5. The highest BCUT2D eigenvalue weighted by atomic mass is 19.1. The first-order chi connectivity index (χ1) is 14.8. The maximum absolute atomic E-state index is 14.2. The SMILES string of the molecule is COc1ccc(F)cc1-c1ccc2c(c1CNc1ccc(C)cc1)CC(=O)C(C)(C)N2. The lowest BCUT2D eigenvalue weighted by Gasteiger charge is -2.34. The summed E-state index contributed by atoms with van der Waals surface area (Å²) in [5.41, 5.74) is 5.90. The number of halogens is 1. The predicted octanol–water partition coefficient (Wildman–Crippen LogP) is 5.74. The molecule has 2 N–H and O–H groups in total. The van der Waals surface area contributed by atoms with Gasteiger partial charge in [-0.1, -0.05) is 23.8 Å². The zero-order chi connectivity index (χ0) is 22.2. The second kappa shape index (κ2) is 8.06. The predicted molar refractivity (Wildman–Crippen MR) is 123 cm³/mol. The molecule has 160 valence electrons. The third kappa shape index (κ3) is 4.13. The van der Waals surface area contributed by atoms with Crippen molar-refractivity contribution in [3.05, 3.63) is 77.1 Å². The number of aryl methyl sites for hydroxylation is 1. The summed E-state index contributed by atoms with van der Waals surface area (Å²) in [5, 5.41) is 6.83. The first-order valence-corrected chi connectivity index (χ1v) is 10.4. The minimum atomic E-state index is -0.618. The first kappa shape index (κ1) is 20.9. The largest absolute Gasteiger partial charge is 0.496 e. The van der Waals surface area contributed by atoms with Crippen LogP contribution in [0.15, 0.2) is 54.6 Å². The van der Waals surface area contributed by atoms with E-state index in [1.165, 1.54) is 17.7 Å². The van der Waals surface area contributed by atoms with Crippen molar-refractivity contribution in [3.63, 3.8) is 0 Å². The second-order valence-corrected chi connectivity index (χ2v) is 8.53. The Hall–Kier alpha value is -3.34. The van der Waals surface area contributed by atoms with E-state index in [0.29, 0.717) is 24.3 Å². The number of benzene rings is 3. The van der Waals surface area contributed by atoms with Crippen molar-refractivity contribution < 1.29 is 13.9 Å². The summed E-state index contributed by atoms with van der Waals surface area (Å²) in [6.07, 6.45) is 0.325. The summed E-state index contributed by atoms with van der Waals surface area (Å²) >= 11 is 0. The number of ketones is 1. The number of Topliss-reactive ketones (excluding diaryl/α,β-unsaturated/α-hetero) is 1. The highest BCUT2D eigenvalue weighted by Crippen LogP contribution is 2.40. The van der Waals surface area contributed by atoms with Crippen LogP contribution in [0.4, 0.5) is 15.8 Å². The number of nitrogens with one attached hydrogen (secondary N) is 2. The molecule has 0 aromatic heterocycles. The van der Waals surface area contributed by atoms with E-state index in [2.05, 4.69) is 10.6 Å². The lowest BCUT2D eigenvalue weighted by molar-refractivity contribution is -0.122. The monoisotopic (exact) mass is 418 g/mol. The van der Waals surface area contributed by atoms with Crippen molar-refractivity contribution >= 4 is 17.2 Å². The molecule has 3 aromatic carbocycles. The Kier molecular flexibility index (Phi) is 5.44. The van der Waals surface area contributed by atoms with E-state index >= 15 is 0 Å². The smallest absolute Gasteiger partial charge is 0.162 e. The number of fused-ring (bicyclic) bond motifs is 1. The molecule has 1 aliphatic rings. The van der Waals surface area contributed by atoms with Gasteiger partial charge in [0.1, 0.15) is 11.6 Å². The average molecular weight is 419 g/mol. The van der Waals surface area contributed by atoms with Crippen LogP contribution in [-0.4, -0.2) is 18.4 Å². The number of carbonyl (C=O) groups is 1. The summed E-state index contributed by atoms with van der Waals surface area (Å²) in [6, 6.07) is 16.6. The van der Waals surface area contributed by atoms with E-state index in [4.69, 9.17) is 4.74 Å². The van der Waals surface area contributed by atoms with E-state index in [1.807, 2.05) is 57.2 Å². The Morgan fingerprint density at radius 1 is 1.06 bits per heavy atom. The molecule has 4 nitrogen and oxygen atoms in total. The standard InChI is InChI=1S/C26H27FN2O2/c1-16-5-8-18(9-6-16)28-15-22-19(21-13-17(27)7-12-24(21)31-4)10-11-23-20(22)14-25(30)26(2,3)29-23/h5-13,28-29H,14-15H2,1-4H3. The molecule has 0 spiro atoms. The van der Waals surface area contributed by atoms with E-state index in [9.17, 15) is 9.18 Å². The Bertz CT molecular complexity index is 1140. The molecule has 5 heteroatoms. The van der Waals surface area contributed by atoms with Gasteiger partial charge in [0.15, 0.2) is 5.78 Å². The van der Waals surface area contributed by atoms with E-state index < -0.39 is 5.54 Å². The summed E-state index contributed by atoms with van der Waals surface area (Å²) < 4.78 is 19.7. The van der Waals surface area contributed by atoms with Crippen molar-refractivity contribution in [2.45, 2.75) is 39.3 Å². The van der Waals surface area contributed by atoms with Gasteiger partial charge in [-0.2, -0.15) is 0 Å². The molecule has 0 saturated carbocycles. The quantitative estimate of drug-likeness (QED) is 0.555. The molecule has 0 aliphatic carbocycles. The van der Waals surface area contributed by atoms with Gasteiger partial charge in [-0.15, -0.1) is 0 Å². The molecule has 0 unspecified atom stereocenters. The van der Waals surface area contributed by atoms with Crippen LogP contribution in [0.5, 0.6) is 5.75 Å². The van der Waals surface area contributed by atoms with Gasteiger partial charge in [-0.05, 0) is 73.9 Å². The fourth-order valence-corrected chi connectivity index (χ4v) is 4.01. The Balaban J connectivity index is 1.83. The van der Waals surface area contributed by atoms with Crippen LogP contribution in [0.2, 0.25) is 0 Å². The molecular weight excluding hydrogens is 391 g/mol. The van der Waals surface area contributed by atoms with E-state index in [-0.39, 0.29) is 11.6 Å². The number of hydrogen-bond acceptors (Lipinski definition) is 4. The molecule has 0 amide bonds. The molecule has 3 aromatic rings. The van der Waals surface area contributed by atoms with Crippen LogP contribution in [0.25, 0.3) is 11.1 Å². The van der Waals surface area contributed by atoms with Gasteiger partial charge >= 0.3 is 0 Å². The maximum Gasteiger partial charge on any atom is 0.162 e. The Labute approximate surface area is 182 Å². The van der Waals surface area contributed by atoms with Crippen molar-refractivity contribution in [1.29, 1.82) is 0 Å². The third-order valence-electron chi connectivity index (χ3n) is 5.89. The number of anilines is 2. The van der Waals surface area contributed by atoms with Crippen LogP contribution in [0, 0.1) is 12.7 Å². The van der Waals surface area contributed by atoms with Crippen molar-refractivity contribution in [1.82, 2.24) is 0 Å². The first-order valence-electron chi connectivity index (χ1n) is 10.4. The molecule has 31 heavy (non-hydrogen) atoms. The van der Waals surface area contributed by atoms with E-state index in [0.717, 1.165) is 28.1 Å². The molecule has 0 bridgehead atoms. The molecule has 4 rings (SSSR count). The fourth-order valence-electron chi connectivity index (χ4n) is 4.01. The van der Waals surface area contributed by atoms with Gasteiger partial charge in [0.2, 0.25) is 0 Å². The second-order valence-electron chi connectivity index (χ2n) is 8.53. The van der Waals surface area contributed by atoms with Crippen LogP contribution in [-0.2, 0) is 17.8 Å². The van der Waals surface area contributed by atoms with Gasteiger partial charge in [0, 0.05) is 29.9 Å². The van der Waals surface area contributed by atoms with Crippen molar-refractivity contribution in [2.75, 3.05) is 17.7 Å². The van der Waals surface area contributed by atoms with Gasteiger partial charge < -0.3 is 15.4 Å². The number of rotatable bonds is 5. The molecule has 0 saturated heterocycles. The Morgan fingerprint density at radius 3 is 2.52 bits per heavy atom. The van der Waals surface area contributed by atoms with Crippen LogP contribution in [0.1, 0.15) is 30.5 Å². The maximum atomic E-state index is 14.2. The van der Waals surface area contributed by atoms with Crippen LogP contribution in [0.3, 0.4) is 0 Å². The zero-order valence-corrected chi connectivity index (χ0v) is 18.3. The average Bonchev–Trinajstić information content (AvgIpc) is 2.74. The summed E-state index contributed by atoms with van der Waals surface area (Å²) in [6.45, 7) is 6.33. The van der Waals surface area contributed by atoms with Gasteiger partial charge in [-0.3, -0.25) is 4.79 Å². The number of methoxy groups -OCH3 is 1. The highest BCUT2D eigenvalue weighted by Gasteiger charge is 2.34. The number of ether oxygens (including phenoxy) is 1. The lowest BCUT2D eigenvalue weighted by atomic mass is 9.83. The number of carbonyl (C=O) groups excluding carboxylic acids is 1. The summed E-state index contributed by atoms with van der Waals surface area (Å²) in [5.74, 6) is 0.384. The topological polar surface area (TPSA) is 50.4 Å². The molecule has 1 heterocycles. The third-order valence-corrected chi connectivity index (χ3v) is 5.89. The molecule has 1 aliphatic heterocycles. The molecule has 0 atom stereocenters. The van der Waals surface area contributed by atoms with E-state index in [1.54, 1.807) is 13.2 Å². The summed E-state index contributed by atoms with van der Waals surface area (Å²) in [7, 11) is 1.58. The van der Waals surface area contributed by atoms with Crippen molar-refractivity contribution in [3.8, 4) is 16.9 Å². The number of hydrogen-bond donors (Lipinski definition) is 2. The molecular formula is C26H27FN2O2. The Morgan fingerprint density at radius 2 is 1.81 bits per heavy atom. The molecule has 0 fully saturated rings. The van der Waals surface area contributed by atoms with Gasteiger partial charge in [0.25, 0.3) is 0 Å². The minimum Gasteiger partial charge on any atom is -0.496 e. The molecule has 0 radical (unpaired) electrons. The van der Waals surface area contributed by atoms with Gasteiger partial charge in [-0.25, -0.2) is 4.39 Å². The van der Waals surface area contributed by atoms with Crippen LogP contribution < -0.4 is 15.4 Å². The zero-order valence-electron chi connectivity index (χ0n) is 18.3. The van der Waals surface area contributed by atoms with Crippen molar-refractivity contribution in [2.24, 2.45) is 0 Å². The highest BCUT2D eigenvalue weighted by molar-refractivity contribution is 5.97.